The Morgan fingerprint density at radius 2 is 1.69 bits per heavy atom. The van der Waals surface area contributed by atoms with Crippen molar-refractivity contribution in [1.29, 1.82) is 0 Å². The van der Waals surface area contributed by atoms with Crippen LogP contribution in [0, 0.1) is 40.8 Å². The molecular weight excluding hydrogens is 340 g/mol. The summed E-state index contributed by atoms with van der Waals surface area (Å²) in [7, 11) is 0. The number of Topliss-reactive ketones (excluding diaryl/α,β-unsaturated/α-hetero) is 1. The minimum absolute atomic E-state index is 0. The second-order valence-electron chi connectivity index (χ2n) is 3.01. The van der Waals surface area contributed by atoms with Gasteiger partial charge in [0, 0.05) is 40.8 Å². The Balaban J connectivity index is 0.00000225. The number of hydrogen-bond donors (Lipinski definition) is 0. The summed E-state index contributed by atoms with van der Waals surface area (Å²) < 4.78 is 4.45. The van der Waals surface area contributed by atoms with E-state index in [0.29, 0.717) is 0 Å². The fourth-order valence-corrected chi connectivity index (χ4v) is 0.976. The summed E-state index contributed by atoms with van der Waals surface area (Å²) in [4.78, 5) is 32.8. The van der Waals surface area contributed by atoms with E-state index < -0.39 is 11.9 Å². The molecule has 0 aliphatic heterocycles. The molecule has 0 aliphatic rings. The molecule has 1 aromatic carbocycles. The van der Waals surface area contributed by atoms with Gasteiger partial charge in [-0.1, -0.05) is 18.2 Å². The standard InChI is InChI=1S/C11H10O4.Nd/c1-8(12)7-10(13)15-11(14)9-5-3-2-4-6-9;/h2-6H,7H2,1H3;. The maximum absolute atomic E-state index is 11.3. The van der Waals surface area contributed by atoms with Gasteiger partial charge in [-0.15, -0.1) is 0 Å². The van der Waals surface area contributed by atoms with Crippen molar-refractivity contribution >= 4 is 17.7 Å². The summed E-state index contributed by atoms with van der Waals surface area (Å²) in [6.07, 6.45) is -0.376. The summed E-state index contributed by atoms with van der Waals surface area (Å²) >= 11 is 0. The molecule has 1 aromatic rings. The third-order valence-electron chi connectivity index (χ3n) is 1.61. The molecule has 1 rings (SSSR count). The van der Waals surface area contributed by atoms with Crippen molar-refractivity contribution in [2.45, 2.75) is 13.3 Å². The van der Waals surface area contributed by atoms with E-state index in [4.69, 9.17) is 0 Å². The van der Waals surface area contributed by atoms with E-state index in [-0.39, 0.29) is 58.6 Å². The van der Waals surface area contributed by atoms with Gasteiger partial charge < -0.3 is 4.74 Å². The third kappa shape index (κ3) is 5.46. The first-order valence-electron chi connectivity index (χ1n) is 4.39. The quantitative estimate of drug-likeness (QED) is 0.610. The molecule has 0 radical (unpaired) electrons. The Morgan fingerprint density at radius 1 is 1.12 bits per heavy atom. The molecule has 0 N–H and O–H groups in total. The maximum atomic E-state index is 11.3. The molecule has 4 nitrogen and oxygen atoms in total. The van der Waals surface area contributed by atoms with E-state index in [0.717, 1.165) is 0 Å². The average Bonchev–Trinajstić information content (AvgIpc) is 2.17. The van der Waals surface area contributed by atoms with Crippen molar-refractivity contribution in [3.8, 4) is 0 Å². The van der Waals surface area contributed by atoms with E-state index >= 15 is 0 Å². The topological polar surface area (TPSA) is 60.4 Å². The van der Waals surface area contributed by atoms with Gasteiger partial charge in [0.1, 0.15) is 12.2 Å². The van der Waals surface area contributed by atoms with Crippen LogP contribution in [0.15, 0.2) is 30.3 Å². The molecule has 0 spiro atoms. The summed E-state index contributed by atoms with van der Waals surface area (Å²) in [5.74, 6) is -1.89. The third-order valence-corrected chi connectivity index (χ3v) is 1.61. The molecule has 0 amide bonds. The van der Waals surface area contributed by atoms with Crippen molar-refractivity contribution in [3.05, 3.63) is 35.9 Å². The van der Waals surface area contributed by atoms with Gasteiger partial charge in [0.15, 0.2) is 0 Å². The van der Waals surface area contributed by atoms with Crippen LogP contribution in [0.25, 0.3) is 0 Å². The molecular formula is C11H10NdO4. The van der Waals surface area contributed by atoms with Crippen molar-refractivity contribution in [2.24, 2.45) is 0 Å². The van der Waals surface area contributed by atoms with Crippen LogP contribution in [0.5, 0.6) is 0 Å². The summed E-state index contributed by atoms with van der Waals surface area (Å²) in [6, 6.07) is 8.12. The minimum Gasteiger partial charge on any atom is -0.389 e. The molecule has 5 heteroatoms. The van der Waals surface area contributed by atoms with Gasteiger partial charge in [0.05, 0.1) is 5.56 Å². The summed E-state index contributed by atoms with van der Waals surface area (Å²) in [5.41, 5.74) is 0.286. The first kappa shape index (κ1) is 15.4. The Morgan fingerprint density at radius 3 is 2.19 bits per heavy atom. The predicted octanol–water partition coefficient (Wildman–Crippen LogP) is 1.35. The molecule has 0 atom stereocenters. The van der Waals surface area contributed by atoms with Crippen LogP contribution in [-0.2, 0) is 14.3 Å². The number of ketones is 1. The maximum Gasteiger partial charge on any atom is 0.345 e. The number of rotatable bonds is 3. The van der Waals surface area contributed by atoms with Gasteiger partial charge in [0.25, 0.3) is 0 Å². The second-order valence-corrected chi connectivity index (χ2v) is 3.01. The Hall–Kier alpha value is -0.619. The van der Waals surface area contributed by atoms with Gasteiger partial charge in [-0.25, -0.2) is 4.79 Å². The minimum atomic E-state index is -0.823. The SMILES string of the molecule is CC(=O)CC(=O)OC(=O)c1ccccc1.[Nd]. The largest absolute Gasteiger partial charge is 0.389 e. The Kier molecular flexibility index (Phi) is 7.33. The molecule has 16 heavy (non-hydrogen) atoms. The second kappa shape index (κ2) is 7.62. The first-order valence-corrected chi connectivity index (χ1v) is 4.39. The normalized spacial score (nSPS) is 8.81. The van der Waals surface area contributed by atoms with Gasteiger partial charge in [-0.2, -0.15) is 0 Å². The Bertz CT molecular complexity index is 386. The number of carbonyl (C=O) groups is 3. The predicted molar refractivity (Wildman–Crippen MR) is 52.2 cm³/mol. The zero-order valence-electron chi connectivity index (χ0n) is 8.73. The zero-order chi connectivity index (χ0) is 11.3. The van der Waals surface area contributed by atoms with Crippen LogP contribution in [0.4, 0.5) is 0 Å². The van der Waals surface area contributed by atoms with Crippen LogP contribution in [-0.4, -0.2) is 17.7 Å². The number of hydrogen-bond acceptors (Lipinski definition) is 4. The van der Waals surface area contributed by atoms with E-state index in [9.17, 15) is 14.4 Å². The molecule has 0 fully saturated rings. The van der Waals surface area contributed by atoms with Crippen molar-refractivity contribution < 1.29 is 60.0 Å². The van der Waals surface area contributed by atoms with Crippen LogP contribution < -0.4 is 0 Å². The molecule has 82 valence electrons. The van der Waals surface area contributed by atoms with E-state index in [2.05, 4.69) is 4.74 Å². The smallest absolute Gasteiger partial charge is 0.345 e. The molecule has 0 saturated heterocycles. The van der Waals surface area contributed by atoms with Gasteiger partial charge in [-0.3, -0.25) is 9.59 Å². The number of ether oxygens (including phenoxy) is 1. The molecule has 0 aliphatic carbocycles. The van der Waals surface area contributed by atoms with E-state index in [1.165, 1.54) is 19.1 Å². The number of carbonyl (C=O) groups excluding carboxylic acids is 3. The van der Waals surface area contributed by atoms with Crippen LogP contribution in [0.3, 0.4) is 0 Å². The molecule has 0 unspecified atom stereocenters. The van der Waals surface area contributed by atoms with Gasteiger partial charge in [-0.05, 0) is 19.1 Å². The molecule has 0 bridgehead atoms. The number of esters is 2. The first-order chi connectivity index (χ1) is 7.09. The fourth-order valence-electron chi connectivity index (χ4n) is 0.976. The fraction of sp³-hybridized carbons (Fsp3) is 0.182. The molecule has 0 heterocycles. The van der Waals surface area contributed by atoms with Crippen LogP contribution >= 0.6 is 0 Å². The summed E-state index contributed by atoms with van der Waals surface area (Å²) in [5, 5.41) is 0. The van der Waals surface area contributed by atoms with E-state index in [1.807, 2.05) is 0 Å². The summed E-state index contributed by atoms with van der Waals surface area (Å²) in [6.45, 7) is 1.26. The molecule has 0 saturated carbocycles. The van der Waals surface area contributed by atoms with Crippen molar-refractivity contribution in [1.82, 2.24) is 0 Å². The monoisotopic (exact) mass is 348 g/mol. The van der Waals surface area contributed by atoms with Gasteiger partial charge in [0.2, 0.25) is 0 Å². The number of benzene rings is 1. The Labute approximate surface area is 126 Å². The van der Waals surface area contributed by atoms with Crippen molar-refractivity contribution in [3.63, 3.8) is 0 Å². The van der Waals surface area contributed by atoms with Crippen LogP contribution in [0.1, 0.15) is 23.7 Å². The zero-order valence-corrected chi connectivity index (χ0v) is 11.9. The van der Waals surface area contributed by atoms with Crippen molar-refractivity contribution in [2.75, 3.05) is 0 Å². The molecule has 0 aromatic heterocycles. The average molecular weight is 350 g/mol. The van der Waals surface area contributed by atoms with Gasteiger partial charge >= 0.3 is 11.9 Å². The van der Waals surface area contributed by atoms with Crippen LogP contribution in [0.2, 0.25) is 0 Å². The van der Waals surface area contributed by atoms with E-state index in [1.54, 1.807) is 18.2 Å².